The zero-order valence-electron chi connectivity index (χ0n) is 10.5. The quantitative estimate of drug-likeness (QED) is 0.814. The van der Waals surface area contributed by atoms with Gasteiger partial charge in [-0.15, -0.1) is 0 Å². The summed E-state index contributed by atoms with van der Waals surface area (Å²) in [5.41, 5.74) is 1.15. The molecule has 0 bridgehead atoms. The van der Waals surface area contributed by atoms with Crippen molar-refractivity contribution >= 4 is 17.3 Å². The molecule has 2 aromatic carbocycles. The summed E-state index contributed by atoms with van der Waals surface area (Å²) in [5.74, 6) is -1.70. The lowest BCUT2D eigenvalue weighted by molar-refractivity contribution is 0.509. The highest BCUT2D eigenvalue weighted by Crippen LogP contribution is 2.26. The van der Waals surface area contributed by atoms with E-state index in [1.807, 2.05) is 19.1 Å². The van der Waals surface area contributed by atoms with Crippen LogP contribution in [-0.4, -0.2) is 0 Å². The van der Waals surface area contributed by atoms with E-state index in [-0.39, 0.29) is 11.7 Å². The molecule has 1 atom stereocenters. The zero-order chi connectivity index (χ0) is 13.8. The largest absolute Gasteiger partial charge is 0.376 e. The first kappa shape index (κ1) is 13.8. The van der Waals surface area contributed by atoms with Gasteiger partial charge in [-0.1, -0.05) is 36.7 Å². The zero-order valence-corrected chi connectivity index (χ0v) is 11.2. The number of hydrogen-bond donors (Lipinski definition) is 1. The molecular weight excluding hydrogens is 268 g/mol. The van der Waals surface area contributed by atoms with E-state index in [0.29, 0.717) is 5.02 Å². The van der Waals surface area contributed by atoms with Crippen molar-refractivity contribution in [1.29, 1.82) is 0 Å². The predicted octanol–water partition coefficient (Wildman–Crippen LogP) is 5.18. The third-order valence-electron chi connectivity index (χ3n) is 2.96. The first-order valence-electron chi connectivity index (χ1n) is 6.08. The lowest BCUT2D eigenvalue weighted by Crippen LogP contribution is -2.11. The van der Waals surface area contributed by atoms with Gasteiger partial charge >= 0.3 is 0 Å². The Hall–Kier alpha value is -1.61. The molecule has 1 nitrogen and oxygen atoms in total. The highest BCUT2D eigenvalue weighted by Gasteiger charge is 2.13. The average molecular weight is 282 g/mol. The van der Waals surface area contributed by atoms with E-state index >= 15 is 0 Å². The van der Waals surface area contributed by atoms with E-state index in [4.69, 9.17) is 11.6 Å². The second-order valence-corrected chi connectivity index (χ2v) is 4.69. The molecule has 0 saturated heterocycles. The molecule has 2 rings (SSSR count). The fourth-order valence-electron chi connectivity index (χ4n) is 1.92. The standard InChI is InChI=1S/C15H14ClF2N/c1-2-13(10-6-8-11(16)9-7-10)19-14-5-3-4-12(17)15(14)18/h3-9,13,19H,2H2,1H3. The first-order chi connectivity index (χ1) is 9.11. The van der Waals surface area contributed by atoms with E-state index in [2.05, 4.69) is 5.32 Å². The van der Waals surface area contributed by atoms with Crippen LogP contribution in [0.5, 0.6) is 0 Å². The highest BCUT2D eigenvalue weighted by molar-refractivity contribution is 6.30. The Morgan fingerprint density at radius 2 is 1.79 bits per heavy atom. The second-order valence-electron chi connectivity index (χ2n) is 4.26. The van der Waals surface area contributed by atoms with Crippen molar-refractivity contribution in [2.24, 2.45) is 0 Å². The molecular formula is C15H14ClF2N. The molecule has 0 fully saturated rings. The smallest absolute Gasteiger partial charge is 0.181 e. The maximum absolute atomic E-state index is 13.6. The van der Waals surface area contributed by atoms with Crippen LogP contribution in [0.1, 0.15) is 24.9 Å². The molecule has 0 radical (unpaired) electrons. The van der Waals surface area contributed by atoms with E-state index in [9.17, 15) is 8.78 Å². The molecule has 1 unspecified atom stereocenters. The Morgan fingerprint density at radius 3 is 2.42 bits per heavy atom. The maximum atomic E-state index is 13.6. The Kier molecular flexibility index (Phi) is 4.38. The van der Waals surface area contributed by atoms with Gasteiger partial charge in [-0.3, -0.25) is 0 Å². The second kappa shape index (κ2) is 6.02. The topological polar surface area (TPSA) is 12.0 Å². The summed E-state index contributed by atoms with van der Waals surface area (Å²) < 4.78 is 26.8. The summed E-state index contributed by atoms with van der Waals surface area (Å²) in [7, 11) is 0. The Balaban J connectivity index is 2.24. The number of benzene rings is 2. The number of halogens is 3. The molecule has 0 aromatic heterocycles. The minimum absolute atomic E-state index is 0.0893. The molecule has 0 saturated carbocycles. The molecule has 2 aromatic rings. The fraction of sp³-hybridized carbons (Fsp3) is 0.200. The Labute approximate surface area is 116 Å². The molecule has 1 N–H and O–H groups in total. The molecule has 0 aliphatic heterocycles. The predicted molar refractivity (Wildman–Crippen MR) is 74.5 cm³/mol. The third kappa shape index (κ3) is 3.24. The molecule has 19 heavy (non-hydrogen) atoms. The molecule has 0 heterocycles. The minimum Gasteiger partial charge on any atom is -0.376 e. The van der Waals surface area contributed by atoms with Gasteiger partial charge in [0, 0.05) is 5.02 Å². The highest BCUT2D eigenvalue weighted by atomic mass is 35.5. The van der Waals surface area contributed by atoms with Gasteiger partial charge in [0.05, 0.1) is 11.7 Å². The van der Waals surface area contributed by atoms with Crippen molar-refractivity contribution in [3.8, 4) is 0 Å². The van der Waals surface area contributed by atoms with Crippen LogP contribution in [0.3, 0.4) is 0 Å². The van der Waals surface area contributed by atoms with Crippen molar-refractivity contribution < 1.29 is 8.78 Å². The minimum atomic E-state index is -0.852. The van der Waals surface area contributed by atoms with Crippen LogP contribution in [0.25, 0.3) is 0 Å². The molecule has 0 amide bonds. The van der Waals surface area contributed by atoms with Crippen molar-refractivity contribution in [2.45, 2.75) is 19.4 Å². The van der Waals surface area contributed by atoms with Crippen LogP contribution in [0, 0.1) is 11.6 Å². The van der Waals surface area contributed by atoms with Gasteiger partial charge in [0.1, 0.15) is 0 Å². The van der Waals surface area contributed by atoms with Crippen LogP contribution < -0.4 is 5.32 Å². The van der Waals surface area contributed by atoms with Crippen molar-refractivity contribution in [3.63, 3.8) is 0 Å². The number of hydrogen-bond acceptors (Lipinski definition) is 1. The summed E-state index contributed by atoms with van der Waals surface area (Å²) >= 11 is 5.84. The average Bonchev–Trinajstić information content (AvgIpc) is 2.42. The van der Waals surface area contributed by atoms with Crippen LogP contribution >= 0.6 is 11.6 Å². The maximum Gasteiger partial charge on any atom is 0.181 e. The van der Waals surface area contributed by atoms with Crippen LogP contribution in [-0.2, 0) is 0 Å². The van der Waals surface area contributed by atoms with Crippen LogP contribution in [0.15, 0.2) is 42.5 Å². The molecule has 0 aliphatic carbocycles. The van der Waals surface area contributed by atoms with Gasteiger partial charge in [0.25, 0.3) is 0 Å². The third-order valence-corrected chi connectivity index (χ3v) is 3.21. The number of nitrogens with one attached hydrogen (secondary N) is 1. The lowest BCUT2D eigenvalue weighted by Gasteiger charge is -2.19. The Bertz CT molecular complexity index is 555. The summed E-state index contributed by atoms with van der Waals surface area (Å²) in [6.45, 7) is 1.98. The van der Waals surface area contributed by atoms with Gasteiger partial charge in [-0.2, -0.15) is 0 Å². The van der Waals surface area contributed by atoms with Crippen LogP contribution in [0.4, 0.5) is 14.5 Å². The summed E-state index contributed by atoms with van der Waals surface area (Å²) in [5, 5.41) is 3.66. The van der Waals surface area contributed by atoms with Crippen molar-refractivity contribution in [2.75, 3.05) is 5.32 Å². The summed E-state index contributed by atoms with van der Waals surface area (Å²) in [6, 6.07) is 11.3. The number of anilines is 1. The fourth-order valence-corrected chi connectivity index (χ4v) is 2.05. The van der Waals surface area contributed by atoms with Gasteiger partial charge in [0.2, 0.25) is 0 Å². The van der Waals surface area contributed by atoms with Gasteiger partial charge < -0.3 is 5.32 Å². The Morgan fingerprint density at radius 1 is 1.11 bits per heavy atom. The van der Waals surface area contributed by atoms with Crippen molar-refractivity contribution in [3.05, 3.63) is 64.7 Å². The van der Waals surface area contributed by atoms with E-state index in [1.165, 1.54) is 12.1 Å². The molecule has 4 heteroatoms. The summed E-state index contributed by atoms with van der Waals surface area (Å²) in [4.78, 5) is 0. The SMILES string of the molecule is CCC(Nc1cccc(F)c1F)c1ccc(Cl)cc1. The summed E-state index contributed by atoms with van der Waals surface area (Å²) in [6.07, 6.45) is 0.748. The molecule has 100 valence electrons. The van der Waals surface area contributed by atoms with E-state index < -0.39 is 11.6 Å². The normalized spacial score (nSPS) is 12.2. The van der Waals surface area contributed by atoms with Gasteiger partial charge in [-0.05, 0) is 36.2 Å². The first-order valence-corrected chi connectivity index (χ1v) is 6.45. The van der Waals surface area contributed by atoms with Gasteiger partial charge in [0.15, 0.2) is 11.6 Å². The van der Waals surface area contributed by atoms with Crippen LogP contribution in [0.2, 0.25) is 5.02 Å². The van der Waals surface area contributed by atoms with E-state index in [0.717, 1.165) is 18.1 Å². The monoisotopic (exact) mass is 281 g/mol. The van der Waals surface area contributed by atoms with Gasteiger partial charge in [-0.25, -0.2) is 8.78 Å². The van der Waals surface area contributed by atoms with Crippen molar-refractivity contribution in [1.82, 2.24) is 0 Å². The lowest BCUT2D eigenvalue weighted by atomic mass is 10.0. The molecule has 0 aliphatic rings. The molecule has 0 spiro atoms. The number of rotatable bonds is 4. The van der Waals surface area contributed by atoms with E-state index in [1.54, 1.807) is 12.1 Å².